The van der Waals surface area contributed by atoms with Crippen LogP contribution in [0.1, 0.15) is 18.0 Å². The maximum atomic E-state index is 5.51. The molecule has 4 nitrogen and oxygen atoms in total. The highest BCUT2D eigenvalue weighted by Gasteiger charge is 2.13. The molecule has 0 spiro atoms. The van der Waals surface area contributed by atoms with Crippen molar-refractivity contribution < 1.29 is 9.47 Å². The molecule has 0 saturated carbocycles. The van der Waals surface area contributed by atoms with Gasteiger partial charge in [0.15, 0.2) is 0 Å². The molecular formula is C11H18N2O2. The highest BCUT2D eigenvalue weighted by atomic mass is 16.5. The Bertz CT molecular complexity index is 292. The second-order valence-electron chi connectivity index (χ2n) is 3.24. The molecule has 1 unspecified atom stereocenters. The molecule has 4 heteroatoms. The summed E-state index contributed by atoms with van der Waals surface area (Å²) >= 11 is 0. The van der Waals surface area contributed by atoms with Gasteiger partial charge in [-0.15, -0.1) is 0 Å². The standard InChI is InChI=1S/C11H18N2O2/c1-14-8-7-10(13-12)9-5-3-4-6-11(9)15-2/h3-6,10,13H,7-8,12H2,1-2H3. The monoisotopic (exact) mass is 210 g/mol. The Morgan fingerprint density at radius 3 is 2.67 bits per heavy atom. The fourth-order valence-electron chi connectivity index (χ4n) is 1.52. The molecule has 0 aliphatic heterocycles. The summed E-state index contributed by atoms with van der Waals surface area (Å²) < 4.78 is 10.3. The van der Waals surface area contributed by atoms with Crippen LogP contribution in [-0.2, 0) is 4.74 Å². The molecule has 84 valence electrons. The number of hydrazine groups is 1. The summed E-state index contributed by atoms with van der Waals surface area (Å²) in [4.78, 5) is 0. The van der Waals surface area contributed by atoms with Crippen molar-refractivity contribution in [2.75, 3.05) is 20.8 Å². The van der Waals surface area contributed by atoms with E-state index in [2.05, 4.69) is 5.43 Å². The topological polar surface area (TPSA) is 56.5 Å². The number of benzene rings is 1. The highest BCUT2D eigenvalue weighted by molar-refractivity contribution is 5.35. The van der Waals surface area contributed by atoms with Crippen LogP contribution in [0.2, 0.25) is 0 Å². The van der Waals surface area contributed by atoms with E-state index in [1.165, 1.54) is 0 Å². The number of methoxy groups -OCH3 is 2. The lowest BCUT2D eigenvalue weighted by molar-refractivity contribution is 0.182. The van der Waals surface area contributed by atoms with E-state index in [-0.39, 0.29) is 6.04 Å². The van der Waals surface area contributed by atoms with E-state index in [0.29, 0.717) is 6.61 Å². The van der Waals surface area contributed by atoms with Crippen molar-refractivity contribution in [2.24, 2.45) is 5.84 Å². The van der Waals surface area contributed by atoms with Crippen molar-refractivity contribution in [3.05, 3.63) is 29.8 Å². The van der Waals surface area contributed by atoms with Gasteiger partial charge < -0.3 is 9.47 Å². The number of para-hydroxylation sites is 1. The van der Waals surface area contributed by atoms with Crippen LogP contribution in [0.15, 0.2) is 24.3 Å². The molecule has 1 rings (SSSR count). The van der Waals surface area contributed by atoms with Crippen LogP contribution in [0.4, 0.5) is 0 Å². The third-order valence-corrected chi connectivity index (χ3v) is 2.33. The minimum atomic E-state index is 0.0566. The van der Waals surface area contributed by atoms with Crippen molar-refractivity contribution in [1.82, 2.24) is 5.43 Å². The van der Waals surface area contributed by atoms with Crippen LogP contribution in [-0.4, -0.2) is 20.8 Å². The lowest BCUT2D eigenvalue weighted by atomic mass is 10.0. The van der Waals surface area contributed by atoms with Crippen molar-refractivity contribution in [3.63, 3.8) is 0 Å². The van der Waals surface area contributed by atoms with E-state index in [1.807, 2.05) is 24.3 Å². The first-order valence-corrected chi connectivity index (χ1v) is 4.91. The maximum absolute atomic E-state index is 5.51. The Kier molecular flexibility index (Phi) is 5.10. The normalized spacial score (nSPS) is 12.5. The molecule has 0 heterocycles. The number of nitrogens with two attached hydrogens (primary N) is 1. The van der Waals surface area contributed by atoms with Gasteiger partial charge in [0.1, 0.15) is 5.75 Å². The summed E-state index contributed by atoms with van der Waals surface area (Å²) in [5, 5.41) is 0. The second-order valence-corrected chi connectivity index (χ2v) is 3.24. The zero-order valence-corrected chi connectivity index (χ0v) is 9.19. The van der Waals surface area contributed by atoms with Gasteiger partial charge in [0, 0.05) is 19.3 Å². The Hall–Kier alpha value is -1.10. The Morgan fingerprint density at radius 1 is 1.33 bits per heavy atom. The lowest BCUT2D eigenvalue weighted by Crippen LogP contribution is -2.29. The summed E-state index contributed by atoms with van der Waals surface area (Å²) in [6.07, 6.45) is 0.813. The van der Waals surface area contributed by atoms with E-state index in [9.17, 15) is 0 Å². The van der Waals surface area contributed by atoms with Gasteiger partial charge in [0.2, 0.25) is 0 Å². The van der Waals surface area contributed by atoms with Crippen LogP contribution in [0.25, 0.3) is 0 Å². The summed E-state index contributed by atoms with van der Waals surface area (Å²) in [7, 11) is 3.33. The molecule has 1 aromatic rings. The van der Waals surface area contributed by atoms with Crippen LogP contribution in [0.3, 0.4) is 0 Å². The van der Waals surface area contributed by atoms with Crippen LogP contribution >= 0.6 is 0 Å². The van der Waals surface area contributed by atoms with Crippen molar-refractivity contribution in [1.29, 1.82) is 0 Å². The van der Waals surface area contributed by atoms with Gasteiger partial charge in [0.05, 0.1) is 13.2 Å². The molecular weight excluding hydrogens is 192 g/mol. The van der Waals surface area contributed by atoms with Crippen molar-refractivity contribution in [2.45, 2.75) is 12.5 Å². The first kappa shape index (κ1) is 12.0. The number of ether oxygens (including phenoxy) is 2. The first-order valence-electron chi connectivity index (χ1n) is 4.91. The van der Waals surface area contributed by atoms with Gasteiger partial charge in [-0.2, -0.15) is 0 Å². The van der Waals surface area contributed by atoms with E-state index in [1.54, 1.807) is 14.2 Å². The van der Waals surface area contributed by atoms with Gasteiger partial charge in [0.25, 0.3) is 0 Å². The molecule has 0 aliphatic rings. The minimum Gasteiger partial charge on any atom is -0.496 e. The fourth-order valence-corrected chi connectivity index (χ4v) is 1.52. The first-order chi connectivity index (χ1) is 7.33. The Balaban J connectivity index is 2.80. The zero-order valence-electron chi connectivity index (χ0n) is 9.19. The quantitative estimate of drug-likeness (QED) is 0.548. The van der Waals surface area contributed by atoms with Gasteiger partial charge >= 0.3 is 0 Å². The zero-order chi connectivity index (χ0) is 11.1. The van der Waals surface area contributed by atoms with E-state index < -0.39 is 0 Å². The van der Waals surface area contributed by atoms with Gasteiger partial charge in [-0.3, -0.25) is 11.3 Å². The number of rotatable bonds is 6. The van der Waals surface area contributed by atoms with Crippen LogP contribution in [0.5, 0.6) is 5.75 Å². The molecule has 0 radical (unpaired) electrons. The SMILES string of the molecule is COCCC(NN)c1ccccc1OC. The molecule has 0 aliphatic carbocycles. The molecule has 0 fully saturated rings. The molecule has 1 atom stereocenters. The Morgan fingerprint density at radius 2 is 2.07 bits per heavy atom. The average Bonchev–Trinajstić information content (AvgIpc) is 2.30. The number of nitrogens with one attached hydrogen (secondary N) is 1. The largest absolute Gasteiger partial charge is 0.496 e. The maximum Gasteiger partial charge on any atom is 0.123 e. The third-order valence-electron chi connectivity index (χ3n) is 2.33. The van der Waals surface area contributed by atoms with Crippen molar-refractivity contribution in [3.8, 4) is 5.75 Å². The van der Waals surface area contributed by atoms with Gasteiger partial charge in [-0.25, -0.2) is 0 Å². The third kappa shape index (κ3) is 3.20. The predicted octanol–water partition coefficient (Wildman–Crippen LogP) is 1.24. The van der Waals surface area contributed by atoms with Crippen molar-refractivity contribution >= 4 is 0 Å². The molecule has 1 aromatic carbocycles. The second kappa shape index (κ2) is 6.40. The van der Waals surface area contributed by atoms with Crippen LogP contribution in [0, 0.1) is 0 Å². The summed E-state index contributed by atoms with van der Waals surface area (Å²) in [5.41, 5.74) is 3.82. The highest BCUT2D eigenvalue weighted by Crippen LogP contribution is 2.26. The summed E-state index contributed by atoms with van der Waals surface area (Å²) in [6.45, 7) is 0.660. The van der Waals surface area contributed by atoms with Gasteiger partial charge in [-0.1, -0.05) is 18.2 Å². The number of hydrogen-bond donors (Lipinski definition) is 2. The van der Waals surface area contributed by atoms with Crippen LogP contribution < -0.4 is 16.0 Å². The van der Waals surface area contributed by atoms with E-state index >= 15 is 0 Å². The molecule has 0 saturated heterocycles. The number of hydrogen-bond acceptors (Lipinski definition) is 4. The predicted molar refractivity (Wildman–Crippen MR) is 59.6 cm³/mol. The van der Waals surface area contributed by atoms with Gasteiger partial charge in [-0.05, 0) is 12.5 Å². The summed E-state index contributed by atoms with van der Waals surface area (Å²) in [5.74, 6) is 6.35. The lowest BCUT2D eigenvalue weighted by Gasteiger charge is -2.18. The molecule has 0 aromatic heterocycles. The molecule has 0 bridgehead atoms. The molecule has 15 heavy (non-hydrogen) atoms. The van der Waals surface area contributed by atoms with E-state index in [0.717, 1.165) is 17.7 Å². The molecule has 3 N–H and O–H groups in total. The smallest absolute Gasteiger partial charge is 0.123 e. The minimum absolute atomic E-state index is 0.0566. The Labute approximate surface area is 90.3 Å². The van der Waals surface area contributed by atoms with E-state index in [4.69, 9.17) is 15.3 Å². The fraction of sp³-hybridized carbons (Fsp3) is 0.455. The summed E-state index contributed by atoms with van der Waals surface area (Å²) in [6, 6.07) is 7.88. The average molecular weight is 210 g/mol. The molecule has 0 amide bonds.